The fourth-order valence-corrected chi connectivity index (χ4v) is 2.52. The van der Waals surface area contributed by atoms with E-state index in [2.05, 4.69) is 10.1 Å². The van der Waals surface area contributed by atoms with Gasteiger partial charge in [-0.3, -0.25) is 0 Å². The van der Waals surface area contributed by atoms with Crippen LogP contribution >= 0.6 is 0 Å². The van der Waals surface area contributed by atoms with E-state index in [0.29, 0.717) is 31.7 Å². The van der Waals surface area contributed by atoms with Gasteiger partial charge in [-0.25, -0.2) is 18.4 Å². The number of aliphatic hydroxyl groups excluding tert-OH is 1. The summed E-state index contributed by atoms with van der Waals surface area (Å²) in [5.74, 6) is 0.415. The highest BCUT2D eigenvalue weighted by Gasteiger charge is 2.29. The van der Waals surface area contributed by atoms with Gasteiger partial charge < -0.3 is 5.11 Å². The SMILES string of the molecule is CC[C@@H](O)Cn1nc(C2CC2)nc1CCc1ccc(F)c(F)c1. The number of hydrogen-bond acceptors (Lipinski definition) is 3. The lowest BCUT2D eigenvalue weighted by Gasteiger charge is -2.10. The Kier molecular flexibility index (Phi) is 4.71. The largest absolute Gasteiger partial charge is 0.391 e. The fraction of sp³-hybridized carbons (Fsp3) is 0.529. The van der Waals surface area contributed by atoms with Gasteiger partial charge in [0.2, 0.25) is 0 Å². The number of aliphatic hydroxyl groups is 1. The summed E-state index contributed by atoms with van der Waals surface area (Å²) in [6, 6.07) is 3.95. The minimum atomic E-state index is -0.834. The molecule has 1 atom stereocenters. The molecule has 0 saturated heterocycles. The minimum absolute atomic E-state index is 0.420. The monoisotopic (exact) mass is 321 g/mol. The maximum absolute atomic E-state index is 13.3. The molecule has 0 spiro atoms. The van der Waals surface area contributed by atoms with Gasteiger partial charge in [0.1, 0.15) is 5.82 Å². The lowest BCUT2D eigenvalue weighted by Crippen LogP contribution is -2.18. The van der Waals surface area contributed by atoms with Gasteiger partial charge in [-0.2, -0.15) is 5.10 Å². The van der Waals surface area contributed by atoms with Crippen LogP contribution in [0.1, 0.15) is 49.3 Å². The highest BCUT2D eigenvalue weighted by atomic mass is 19.2. The molecule has 1 aliphatic carbocycles. The molecule has 3 rings (SSSR count). The molecule has 1 heterocycles. The first kappa shape index (κ1) is 16.1. The Morgan fingerprint density at radius 2 is 2.04 bits per heavy atom. The molecule has 0 amide bonds. The molecule has 0 bridgehead atoms. The van der Waals surface area contributed by atoms with Crippen molar-refractivity contribution in [2.45, 2.75) is 57.6 Å². The van der Waals surface area contributed by atoms with Gasteiger partial charge >= 0.3 is 0 Å². The Bertz CT molecular complexity index is 682. The van der Waals surface area contributed by atoms with Crippen LogP contribution in [0.4, 0.5) is 8.78 Å². The summed E-state index contributed by atoms with van der Waals surface area (Å²) in [5.41, 5.74) is 0.725. The van der Waals surface area contributed by atoms with E-state index < -0.39 is 17.7 Å². The van der Waals surface area contributed by atoms with Crippen molar-refractivity contribution in [3.8, 4) is 0 Å². The summed E-state index contributed by atoms with van der Waals surface area (Å²) in [6.45, 7) is 2.34. The molecule has 2 aromatic rings. The molecule has 0 unspecified atom stereocenters. The molecule has 23 heavy (non-hydrogen) atoms. The standard InChI is InChI=1S/C17H21F2N3O/c1-2-13(23)10-22-16(20-17(21-22)12-5-6-12)8-4-11-3-7-14(18)15(19)9-11/h3,7,9,12-13,23H,2,4-6,8,10H2,1H3/t13-/m1/s1. The number of benzene rings is 1. The smallest absolute Gasteiger partial charge is 0.159 e. The first-order valence-corrected chi connectivity index (χ1v) is 8.12. The average Bonchev–Trinajstić information content (AvgIpc) is 3.31. The third-order valence-corrected chi connectivity index (χ3v) is 4.18. The summed E-state index contributed by atoms with van der Waals surface area (Å²) >= 11 is 0. The van der Waals surface area contributed by atoms with Crippen LogP contribution in [0.15, 0.2) is 18.2 Å². The van der Waals surface area contributed by atoms with E-state index in [9.17, 15) is 13.9 Å². The Morgan fingerprint density at radius 3 is 2.70 bits per heavy atom. The summed E-state index contributed by atoms with van der Waals surface area (Å²) < 4.78 is 28.0. The third-order valence-electron chi connectivity index (χ3n) is 4.18. The molecule has 4 nitrogen and oxygen atoms in total. The highest BCUT2D eigenvalue weighted by Crippen LogP contribution is 2.38. The van der Waals surface area contributed by atoms with E-state index in [0.717, 1.165) is 36.1 Å². The molecule has 6 heteroatoms. The number of rotatable bonds is 7. The van der Waals surface area contributed by atoms with Gasteiger partial charge in [0.25, 0.3) is 0 Å². The van der Waals surface area contributed by atoms with Crippen LogP contribution in [0.2, 0.25) is 0 Å². The van der Waals surface area contributed by atoms with Crippen LogP contribution in [0, 0.1) is 11.6 Å². The van der Waals surface area contributed by atoms with Crippen LogP contribution in [0.3, 0.4) is 0 Å². The lowest BCUT2D eigenvalue weighted by atomic mass is 10.1. The molecule has 0 aliphatic heterocycles. The van der Waals surface area contributed by atoms with Gasteiger partial charge in [-0.15, -0.1) is 0 Å². The molecule has 0 radical (unpaired) electrons. The van der Waals surface area contributed by atoms with Crippen LogP contribution in [-0.4, -0.2) is 26.0 Å². The number of halogens is 2. The molecule has 1 N–H and O–H groups in total. The quantitative estimate of drug-likeness (QED) is 0.853. The Hall–Kier alpha value is -1.82. The maximum Gasteiger partial charge on any atom is 0.159 e. The molecule has 124 valence electrons. The van der Waals surface area contributed by atoms with E-state index in [1.165, 1.54) is 6.07 Å². The average molecular weight is 321 g/mol. The van der Waals surface area contributed by atoms with Gasteiger partial charge in [0.05, 0.1) is 12.6 Å². The Balaban J connectivity index is 1.73. The van der Waals surface area contributed by atoms with Crippen LogP contribution in [-0.2, 0) is 19.4 Å². The fourth-order valence-electron chi connectivity index (χ4n) is 2.52. The van der Waals surface area contributed by atoms with Crippen molar-refractivity contribution in [2.75, 3.05) is 0 Å². The highest BCUT2D eigenvalue weighted by molar-refractivity contribution is 5.19. The maximum atomic E-state index is 13.3. The van der Waals surface area contributed by atoms with Gasteiger partial charge in [-0.05, 0) is 43.4 Å². The van der Waals surface area contributed by atoms with Crippen molar-refractivity contribution < 1.29 is 13.9 Å². The van der Waals surface area contributed by atoms with E-state index >= 15 is 0 Å². The van der Waals surface area contributed by atoms with Crippen molar-refractivity contribution in [1.29, 1.82) is 0 Å². The molecular formula is C17H21F2N3O. The zero-order chi connectivity index (χ0) is 16.4. The van der Waals surface area contributed by atoms with Gasteiger partial charge in [0, 0.05) is 12.3 Å². The van der Waals surface area contributed by atoms with E-state index in [1.807, 2.05) is 6.92 Å². The minimum Gasteiger partial charge on any atom is -0.391 e. The summed E-state index contributed by atoms with van der Waals surface area (Å²) in [5, 5.41) is 14.4. The van der Waals surface area contributed by atoms with Crippen molar-refractivity contribution in [1.82, 2.24) is 14.8 Å². The molecular weight excluding hydrogens is 300 g/mol. The number of aromatic nitrogens is 3. The number of aryl methyl sites for hydroxylation is 2. The van der Waals surface area contributed by atoms with E-state index in [4.69, 9.17) is 0 Å². The van der Waals surface area contributed by atoms with Crippen LogP contribution in [0.25, 0.3) is 0 Å². The first-order chi connectivity index (χ1) is 11.1. The molecule has 1 fully saturated rings. The zero-order valence-electron chi connectivity index (χ0n) is 13.2. The molecule has 1 aromatic heterocycles. The third kappa shape index (κ3) is 3.93. The van der Waals surface area contributed by atoms with Gasteiger partial charge in [-0.1, -0.05) is 13.0 Å². The predicted molar refractivity (Wildman–Crippen MR) is 82.1 cm³/mol. The second kappa shape index (κ2) is 6.74. The van der Waals surface area contributed by atoms with Crippen molar-refractivity contribution in [3.05, 3.63) is 47.0 Å². The molecule has 1 aromatic carbocycles. The summed E-state index contributed by atoms with van der Waals surface area (Å²) in [4.78, 5) is 4.59. The van der Waals surface area contributed by atoms with Crippen LogP contribution in [0.5, 0.6) is 0 Å². The van der Waals surface area contributed by atoms with E-state index in [1.54, 1.807) is 10.7 Å². The molecule has 1 aliphatic rings. The summed E-state index contributed by atoms with van der Waals surface area (Å²) in [7, 11) is 0. The van der Waals surface area contributed by atoms with E-state index in [-0.39, 0.29) is 0 Å². The molecule has 1 saturated carbocycles. The first-order valence-electron chi connectivity index (χ1n) is 8.12. The topological polar surface area (TPSA) is 50.9 Å². The van der Waals surface area contributed by atoms with Crippen LogP contribution < -0.4 is 0 Å². The number of nitrogens with zero attached hydrogens (tertiary/aromatic N) is 3. The summed E-state index contributed by atoms with van der Waals surface area (Å²) in [6.07, 6.45) is 3.57. The Morgan fingerprint density at radius 1 is 1.26 bits per heavy atom. The number of hydrogen-bond donors (Lipinski definition) is 1. The lowest BCUT2D eigenvalue weighted by molar-refractivity contribution is 0.143. The van der Waals surface area contributed by atoms with Crippen molar-refractivity contribution in [3.63, 3.8) is 0 Å². The normalized spacial score (nSPS) is 15.8. The van der Waals surface area contributed by atoms with Gasteiger partial charge in [0.15, 0.2) is 17.5 Å². The Labute approximate surface area is 134 Å². The van der Waals surface area contributed by atoms with Crippen molar-refractivity contribution >= 4 is 0 Å². The zero-order valence-corrected chi connectivity index (χ0v) is 13.2. The predicted octanol–water partition coefficient (Wildman–Crippen LogP) is 2.99. The second-order valence-electron chi connectivity index (χ2n) is 6.15. The second-order valence-corrected chi connectivity index (χ2v) is 6.15. The van der Waals surface area contributed by atoms with Crippen molar-refractivity contribution in [2.24, 2.45) is 0 Å².